The zero-order valence-electron chi connectivity index (χ0n) is 53.5. The van der Waals surface area contributed by atoms with Crippen LogP contribution in [-0.4, -0.2) is 12.3 Å². The van der Waals surface area contributed by atoms with Crippen LogP contribution in [0, 0.1) is 6.92 Å². The van der Waals surface area contributed by atoms with Crippen molar-refractivity contribution in [3.8, 4) is 11.1 Å². The second-order valence-electron chi connectivity index (χ2n) is 32.1. The van der Waals surface area contributed by atoms with E-state index >= 15 is 0 Å². The van der Waals surface area contributed by atoms with Crippen LogP contribution >= 0.6 is 11.3 Å². The minimum absolute atomic E-state index is 0.00371. The first-order chi connectivity index (χ1) is 40.2. The van der Waals surface area contributed by atoms with Gasteiger partial charge in [0.25, 0.3) is 6.71 Å². The molecule has 3 nitrogen and oxygen atoms in total. The van der Waals surface area contributed by atoms with Gasteiger partial charge in [-0.1, -0.05) is 188 Å². The van der Waals surface area contributed by atoms with Crippen LogP contribution in [-0.2, 0) is 37.9 Å². The van der Waals surface area contributed by atoms with Crippen molar-refractivity contribution in [2.45, 2.75) is 205 Å². The zero-order valence-corrected chi connectivity index (χ0v) is 54.3. The Morgan fingerprint density at radius 1 is 0.388 bits per heavy atom. The lowest BCUT2D eigenvalue weighted by Crippen LogP contribution is -2.62. The number of hydrogen-bond acceptors (Lipinski definition) is 4. The smallest absolute Gasteiger partial charge is 0.252 e. The summed E-state index contributed by atoms with van der Waals surface area (Å²) in [5.41, 5.74) is 29.3. The predicted octanol–water partition coefficient (Wildman–Crippen LogP) is 20.5. The summed E-state index contributed by atoms with van der Waals surface area (Å²) < 4.78 is 2.69. The van der Waals surface area contributed by atoms with E-state index in [-0.39, 0.29) is 50.2 Å². The number of nitrogens with zero attached hydrogens (tertiary/aromatic N) is 3. The lowest BCUT2D eigenvalue weighted by molar-refractivity contribution is 0.195. The van der Waals surface area contributed by atoms with E-state index in [9.17, 15) is 0 Å². The molecule has 7 aliphatic rings. The van der Waals surface area contributed by atoms with Crippen molar-refractivity contribution in [3.05, 3.63) is 184 Å². The Kier molecular flexibility index (Phi) is 11.0. The average Bonchev–Trinajstić information content (AvgIpc) is 1.67. The van der Waals surface area contributed by atoms with E-state index in [0.29, 0.717) is 0 Å². The van der Waals surface area contributed by atoms with Crippen LogP contribution in [0.3, 0.4) is 0 Å². The molecule has 0 radical (unpaired) electrons. The Labute approximate surface area is 512 Å². The van der Waals surface area contributed by atoms with Gasteiger partial charge >= 0.3 is 0 Å². The molecule has 2 atom stereocenters. The van der Waals surface area contributed by atoms with Gasteiger partial charge in [-0.3, -0.25) is 0 Å². The topological polar surface area (TPSA) is 9.72 Å². The number of fused-ring (bicyclic) bond motifs is 13. The second-order valence-corrected chi connectivity index (χ2v) is 33.1. The molecule has 0 amide bonds. The minimum Gasteiger partial charge on any atom is -0.334 e. The van der Waals surface area contributed by atoms with Crippen molar-refractivity contribution in [2.24, 2.45) is 0 Å². The lowest BCUT2D eigenvalue weighted by Gasteiger charge is -2.52. The zero-order chi connectivity index (χ0) is 59.1. The number of anilines is 8. The van der Waals surface area contributed by atoms with E-state index in [1.165, 1.54) is 163 Å². The maximum atomic E-state index is 2.89. The van der Waals surface area contributed by atoms with Crippen LogP contribution in [0.1, 0.15) is 199 Å². The number of thiophene rings is 1. The van der Waals surface area contributed by atoms with Crippen molar-refractivity contribution in [1.29, 1.82) is 0 Å². The standard InChI is InChI=1S/C80H86BN3S/c1-48-38-54-59(78(12,13)47-77(54,10)11)44-65(48)83-67-46-58-56(74(4,5)35-37-76(58,8)9)43-62(67)81-61-42-55-57(75(6,7)36-34-73(55,2)3)45-66(61)82(64-28-23-27-53-52-26-19-20-29-70(52)85-72(53)64)68-40-51(41-69(83)71(68)81)84-63-31-30-50(49-24-17-16-18-25-49)39-60(63)79(14)32-21-22-33-80(79,84)15/h16-20,23-31,38-46H,21-22,32-37,47H2,1-15H3. The third kappa shape index (κ3) is 7.32. The third-order valence-corrected chi connectivity index (χ3v) is 25.2. The van der Waals surface area contributed by atoms with Crippen molar-refractivity contribution >= 4 is 100 Å². The largest absolute Gasteiger partial charge is 0.334 e. The molecule has 4 aliphatic carbocycles. The van der Waals surface area contributed by atoms with Crippen LogP contribution < -0.4 is 31.1 Å². The molecule has 0 bridgehead atoms. The first kappa shape index (κ1) is 53.9. The van der Waals surface area contributed by atoms with Gasteiger partial charge in [0, 0.05) is 60.7 Å². The van der Waals surface area contributed by atoms with E-state index in [2.05, 4.69) is 258 Å². The highest BCUT2D eigenvalue weighted by Crippen LogP contribution is 2.64. The molecule has 9 aromatic rings. The fourth-order valence-corrected chi connectivity index (χ4v) is 20.2. The molecule has 16 rings (SSSR count). The van der Waals surface area contributed by atoms with E-state index < -0.39 is 0 Å². The highest BCUT2D eigenvalue weighted by atomic mass is 32.1. The summed E-state index contributed by atoms with van der Waals surface area (Å²) in [6.45, 7) is 37.9. The van der Waals surface area contributed by atoms with Gasteiger partial charge in [-0.05, 0) is 218 Å². The van der Waals surface area contributed by atoms with E-state index in [4.69, 9.17) is 0 Å². The molecule has 5 heteroatoms. The average molecular weight is 1130 g/mol. The molecule has 4 heterocycles. The van der Waals surface area contributed by atoms with E-state index in [1.54, 1.807) is 0 Å². The molecule has 85 heavy (non-hydrogen) atoms. The summed E-state index contributed by atoms with van der Waals surface area (Å²) in [5, 5.41) is 2.67. The predicted molar refractivity (Wildman–Crippen MR) is 368 cm³/mol. The van der Waals surface area contributed by atoms with E-state index in [1.807, 2.05) is 11.3 Å². The van der Waals surface area contributed by atoms with Crippen LogP contribution in [0.25, 0.3) is 31.3 Å². The van der Waals surface area contributed by atoms with Gasteiger partial charge in [-0.15, -0.1) is 11.3 Å². The summed E-state index contributed by atoms with van der Waals surface area (Å²) in [7, 11) is 0. The van der Waals surface area contributed by atoms with Gasteiger partial charge < -0.3 is 14.7 Å². The monoisotopic (exact) mass is 1130 g/mol. The molecule has 3 aliphatic heterocycles. The molecule has 1 saturated carbocycles. The first-order valence-corrected chi connectivity index (χ1v) is 33.3. The number of rotatable bonds is 4. The van der Waals surface area contributed by atoms with Gasteiger partial charge in [0.15, 0.2) is 0 Å². The van der Waals surface area contributed by atoms with Gasteiger partial charge in [-0.25, -0.2) is 0 Å². The van der Waals surface area contributed by atoms with Gasteiger partial charge in [0.2, 0.25) is 0 Å². The summed E-state index contributed by atoms with van der Waals surface area (Å²) in [5.74, 6) is 0. The van der Waals surface area contributed by atoms with Gasteiger partial charge in [-0.2, -0.15) is 0 Å². The van der Waals surface area contributed by atoms with E-state index in [0.717, 1.165) is 32.1 Å². The molecule has 0 N–H and O–H groups in total. The molecular formula is C80H86BN3S. The molecular weight excluding hydrogens is 1050 g/mol. The molecule has 0 saturated heterocycles. The summed E-state index contributed by atoms with van der Waals surface area (Å²) in [6, 6.07) is 56.7. The summed E-state index contributed by atoms with van der Waals surface area (Å²) in [6.07, 6.45) is 10.5. The van der Waals surface area contributed by atoms with Crippen molar-refractivity contribution in [2.75, 3.05) is 14.7 Å². The normalized spacial score (nSPS) is 23.6. The number of hydrogen-bond donors (Lipinski definition) is 0. The van der Waals surface area contributed by atoms with Crippen LogP contribution in [0.4, 0.5) is 45.5 Å². The number of aryl methyl sites for hydroxylation is 1. The van der Waals surface area contributed by atoms with Crippen LogP contribution in [0.15, 0.2) is 140 Å². The van der Waals surface area contributed by atoms with Crippen molar-refractivity contribution < 1.29 is 0 Å². The van der Waals surface area contributed by atoms with Gasteiger partial charge in [0.05, 0.1) is 15.9 Å². The summed E-state index contributed by atoms with van der Waals surface area (Å²) in [4.78, 5) is 8.55. The molecule has 430 valence electrons. The van der Waals surface area contributed by atoms with Crippen molar-refractivity contribution in [3.63, 3.8) is 0 Å². The first-order valence-electron chi connectivity index (χ1n) is 32.5. The van der Waals surface area contributed by atoms with Crippen LogP contribution in [0.2, 0.25) is 0 Å². The fourth-order valence-electron chi connectivity index (χ4n) is 19.0. The molecule has 2 unspecified atom stereocenters. The Balaban J connectivity index is 1.08. The Bertz CT molecular complexity index is 4380. The summed E-state index contributed by atoms with van der Waals surface area (Å²) >= 11 is 1.97. The Morgan fingerprint density at radius 3 is 1.53 bits per heavy atom. The lowest BCUT2D eigenvalue weighted by atomic mass is 9.32. The molecule has 1 aromatic heterocycles. The van der Waals surface area contributed by atoms with Gasteiger partial charge in [0.1, 0.15) is 0 Å². The Morgan fingerprint density at radius 2 is 0.906 bits per heavy atom. The molecule has 0 spiro atoms. The SMILES string of the molecule is Cc1cc2c(cc1N1c3cc4c(cc3B3c5cc6c(cc5N(c5cccc7c5sc5ccccc57)c5cc(N7c8ccc(-c9ccccc9)cc8C8(C)CCCCC78C)cc1c53)C(C)(C)CCC6(C)C)C(C)(C)CCC4(C)C)C(C)(C)CC2(C)C. The molecule has 8 aromatic carbocycles. The fraction of sp³-hybridized carbons (Fsp3) is 0.400. The molecule has 1 fully saturated rings. The third-order valence-electron chi connectivity index (χ3n) is 24.0. The van der Waals surface area contributed by atoms with Crippen molar-refractivity contribution in [1.82, 2.24) is 0 Å². The number of benzene rings is 8. The maximum Gasteiger partial charge on any atom is 0.252 e. The maximum absolute atomic E-state index is 2.89. The highest BCUT2D eigenvalue weighted by Gasteiger charge is 2.59. The van der Waals surface area contributed by atoms with Crippen LogP contribution in [0.5, 0.6) is 0 Å². The minimum atomic E-state index is -0.188. The Hall–Kier alpha value is -6.56. The quantitative estimate of drug-likeness (QED) is 0.163. The highest BCUT2D eigenvalue weighted by molar-refractivity contribution is 7.26. The second kappa shape index (κ2) is 17.4.